The molecule has 0 aliphatic carbocycles. The standard InChI is InChI=1S/C19H24N2O5/c1-24-17-7-12(8-18(25-2)19(17)26-3)21-10-14-13-9-16(23)15(22)6-11(13)4-5-20-14/h6-9,14,20-23H,4-5,10H2,1-3H3. The summed E-state index contributed by atoms with van der Waals surface area (Å²) in [6.07, 6.45) is 0.809. The smallest absolute Gasteiger partial charge is 0.203 e. The molecule has 0 fully saturated rings. The lowest BCUT2D eigenvalue weighted by Gasteiger charge is -2.28. The van der Waals surface area contributed by atoms with Gasteiger partial charge in [0.25, 0.3) is 0 Å². The zero-order chi connectivity index (χ0) is 18.7. The van der Waals surface area contributed by atoms with Crippen LogP contribution in [0.2, 0.25) is 0 Å². The topological polar surface area (TPSA) is 92.2 Å². The van der Waals surface area contributed by atoms with Crippen molar-refractivity contribution in [3.05, 3.63) is 35.4 Å². The van der Waals surface area contributed by atoms with Gasteiger partial charge in [0.05, 0.1) is 21.3 Å². The number of phenolic OH excluding ortho intramolecular Hbond substituents is 2. The lowest BCUT2D eigenvalue weighted by molar-refractivity contribution is 0.324. The van der Waals surface area contributed by atoms with Crippen molar-refractivity contribution in [3.63, 3.8) is 0 Å². The number of fused-ring (bicyclic) bond motifs is 1. The van der Waals surface area contributed by atoms with Gasteiger partial charge < -0.3 is 35.1 Å². The van der Waals surface area contributed by atoms with Gasteiger partial charge in [0.2, 0.25) is 5.75 Å². The maximum absolute atomic E-state index is 9.83. The first kappa shape index (κ1) is 18.0. The molecule has 1 aliphatic rings. The lowest BCUT2D eigenvalue weighted by atomic mass is 9.93. The number of ether oxygens (including phenoxy) is 3. The lowest BCUT2D eigenvalue weighted by Crippen LogP contribution is -2.34. The third-order valence-electron chi connectivity index (χ3n) is 4.57. The van der Waals surface area contributed by atoms with E-state index in [2.05, 4.69) is 10.6 Å². The van der Waals surface area contributed by atoms with Gasteiger partial charge in [-0.25, -0.2) is 0 Å². The first-order valence-electron chi connectivity index (χ1n) is 8.39. The Morgan fingerprint density at radius 2 is 1.65 bits per heavy atom. The summed E-state index contributed by atoms with van der Waals surface area (Å²) in [5.41, 5.74) is 2.85. The van der Waals surface area contributed by atoms with Crippen molar-refractivity contribution >= 4 is 5.69 Å². The van der Waals surface area contributed by atoms with Crippen LogP contribution in [0.1, 0.15) is 17.2 Å². The summed E-state index contributed by atoms with van der Waals surface area (Å²) in [6, 6.07) is 6.96. The van der Waals surface area contributed by atoms with Crippen LogP contribution in [0, 0.1) is 0 Å². The summed E-state index contributed by atoms with van der Waals surface area (Å²) in [4.78, 5) is 0. The summed E-state index contributed by atoms with van der Waals surface area (Å²) >= 11 is 0. The van der Waals surface area contributed by atoms with Crippen LogP contribution >= 0.6 is 0 Å². The molecule has 3 rings (SSSR count). The van der Waals surface area contributed by atoms with Gasteiger partial charge in [0, 0.05) is 30.4 Å². The maximum Gasteiger partial charge on any atom is 0.203 e. The summed E-state index contributed by atoms with van der Waals surface area (Å²) in [5, 5.41) is 26.3. The van der Waals surface area contributed by atoms with E-state index in [0.717, 1.165) is 29.8 Å². The zero-order valence-corrected chi connectivity index (χ0v) is 15.1. The molecule has 2 aromatic rings. The molecule has 7 heteroatoms. The molecule has 1 aliphatic heterocycles. The van der Waals surface area contributed by atoms with Gasteiger partial charge >= 0.3 is 0 Å². The van der Waals surface area contributed by atoms with Crippen molar-refractivity contribution < 1.29 is 24.4 Å². The molecule has 0 spiro atoms. The van der Waals surface area contributed by atoms with Crippen molar-refractivity contribution in [3.8, 4) is 28.7 Å². The molecule has 0 saturated carbocycles. The van der Waals surface area contributed by atoms with Gasteiger partial charge in [-0.15, -0.1) is 0 Å². The van der Waals surface area contributed by atoms with Gasteiger partial charge in [-0.1, -0.05) is 0 Å². The molecule has 4 N–H and O–H groups in total. The van der Waals surface area contributed by atoms with E-state index in [0.29, 0.717) is 23.8 Å². The number of methoxy groups -OCH3 is 3. The van der Waals surface area contributed by atoms with E-state index in [9.17, 15) is 10.2 Å². The molecule has 0 amide bonds. The van der Waals surface area contributed by atoms with Gasteiger partial charge in [0.1, 0.15) is 0 Å². The van der Waals surface area contributed by atoms with E-state index in [1.54, 1.807) is 33.5 Å². The van der Waals surface area contributed by atoms with Crippen LogP contribution < -0.4 is 24.8 Å². The molecule has 2 aromatic carbocycles. The highest BCUT2D eigenvalue weighted by molar-refractivity contribution is 5.62. The Labute approximate surface area is 152 Å². The third kappa shape index (κ3) is 3.43. The highest BCUT2D eigenvalue weighted by Crippen LogP contribution is 2.40. The zero-order valence-electron chi connectivity index (χ0n) is 15.1. The van der Waals surface area contributed by atoms with Gasteiger partial charge in [-0.05, 0) is 36.2 Å². The Morgan fingerprint density at radius 3 is 2.27 bits per heavy atom. The average molecular weight is 360 g/mol. The van der Waals surface area contributed by atoms with Gasteiger partial charge in [0.15, 0.2) is 23.0 Å². The van der Waals surface area contributed by atoms with Crippen LogP contribution in [0.15, 0.2) is 24.3 Å². The second kappa shape index (κ2) is 7.61. The van der Waals surface area contributed by atoms with Crippen LogP contribution in [0.25, 0.3) is 0 Å². The number of phenols is 2. The van der Waals surface area contributed by atoms with Gasteiger partial charge in [-0.2, -0.15) is 0 Å². The number of nitrogens with one attached hydrogen (secondary N) is 2. The first-order valence-corrected chi connectivity index (χ1v) is 8.39. The predicted molar refractivity (Wildman–Crippen MR) is 98.8 cm³/mol. The molecular weight excluding hydrogens is 336 g/mol. The van der Waals surface area contributed by atoms with Crippen LogP contribution in [0.3, 0.4) is 0 Å². The minimum atomic E-state index is -0.106. The largest absolute Gasteiger partial charge is 0.504 e. The second-order valence-corrected chi connectivity index (χ2v) is 6.09. The molecular formula is C19H24N2O5. The summed E-state index contributed by atoms with van der Waals surface area (Å²) in [6.45, 7) is 1.40. The molecule has 0 saturated heterocycles. The van der Waals surface area contributed by atoms with Crippen molar-refractivity contribution in [2.75, 3.05) is 39.7 Å². The fourth-order valence-corrected chi connectivity index (χ4v) is 3.25. The van der Waals surface area contributed by atoms with Crippen molar-refractivity contribution in [2.45, 2.75) is 12.5 Å². The summed E-state index contributed by atoms with van der Waals surface area (Å²) in [5.74, 6) is 1.51. The van der Waals surface area contributed by atoms with E-state index < -0.39 is 0 Å². The Bertz CT molecular complexity index is 769. The third-order valence-corrected chi connectivity index (χ3v) is 4.57. The number of rotatable bonds is 6. The van der Waals surface area contributed by atoms with Crippen LogP contribution in [-0.2, 0) is 6.42 Å². The minimum Gasteiger partial charge on any atom is -0.504 e. The van der Waals surface area contributed by atoms with E-state index >= 15 is 0 Å². The Hall–Kier alpha value is -2.80. The number of anilines is 1. The Morgan fingerprint density at radius 1 is 1.00 bits per heavy atom. The number of hydrogen-bond donors (Lipinski definition) is 4. The minimum absolute atomic E-state index is 0.00402. The Balaban J connectivity index is 1.81. The summed E-state index contributed by atoms with van der Waals surface area (Å²) < 4.78 is 16.1. The number of aromatic hydroxyl groups is 2. The average Bonchev–Trinajstić information content (AvgIpc) is 2.66. The monoisotopic (exact) mass is 360 g/mol. The highest BCUT2D eigenvalue weighted by Gasteiger charge is 2.22. The summed E-state index contributed by atoms with van der Waals surface area (Å²) in [7, 11) is 4.72. The normalized spacial score (nSPS) is 15.9. The van der Waals surface area contributed by atoms with Crippen LogP contribution in [0.5, 0.6) is 28.7 Å². The van der Waals surface area contributed by atoms with Gasteiger partial charge in [-0.3, -0.25) is 0 Å². The van der Waals surface area contributed by atoms with E-state index in [1.807, 2.05) is 12.1 Å². The number of hydrogen-bond acceptors (Lipinski definition) is 7. The highest BCUT2D eigenvalue weighted by atomic mass is 16.5. The van der Waals surface area contributed by atoms with Crippen molar-refractivity contribution in [2.24, 2.45) is 0 Å². The maximum atomic E-state index is 9.83. The van der Waals surface area contributed by atoms with E-state index in [1.165, 1.54) is 0 Å². The Kier molecular flexibility index (Phi) is 5.27. The fourth-order valence-electron chi connectivity index (χ4n) is 3.25. The molecule has 0 radical (unpaired) electrons. The molecule has 26 heavy (non-hydrogen) atoms. The molecule has 7 nitrogen and oxygen atoms in total. The quantitative estimate of drug-likeness (QED) is 0.588. The van der Waals surface area contributed by atoms with Crippen molar-refractivity contribution in [1.82, 2.24) is 5.32 Å². The van der Waals surface area contributed by atoms with Crippen LogP contribution in [-0.4, -0.2) is 44.6 Å². The first-order chi connectivity index (χ1) is 12.6. The molecule has 1 unspecified atom stereocenters. The van der Waals surface area contributed by atoms with Crippen LogP contribution in [0.4, 0.5) is 5.69 Å². The number of benzene rings is 2. The molecule has 0 aromatic heterocycles. The molecule has 140 valence electrons. The molecule has 0 bridgehead atoms. The van der Waals surface area contributed by atoms with E-state index in [-0.39, 0.29) is 17.5 Å². The fraction of sp³-hybridized carbons (Fsp3) is 0.368. The van der Waals surface area contributed by atoms with Crippen molar-refractivity contribution in [1.29, 1.82) is 0 Å². The SMILES string of the molecule is COc1cc(NCC2NCCc3cc(O)c(O)cc32)cc(OC)c1OC. The molecule has 1 heterocycles. The van der Waals surface area contributed by atoms with E-state index in [4.69, 9.17) is 14.2 Å². The predicted octanol–water partition coefficient (Wildman–Crippen LogP) is 2.42. The molecule has 1 atom stereocenters. The second-order valence-electron chi connectivity index (χ2n) is 6.09.